The third kappa shape index (κ3) is 2.25. The van der Waals surface area contributed by atoms with Crippen molar-refractivity contribution in [1.82, 2.24) is 10.3 Å². The predicted octanol–water partition coefficient (Wildman–Crippen LogP) is 3.53. The molecule has 0 aliphatic heterocycles. The van der Waals surface area contributed by atoms with Gasteiger partial charge in [0.1, 0.15) is 0 Å². The van der Waals surface area contributed by atoms with Crippen LogP contribution in [0.15, 0.2) is 18.2 Å². The average Bonchev–Trinajstić information content (AvgIpc) is 2.87. The summed E-state index contributed by atoms with van der Waals surface area (Å²) in [6, 6.07) is 6.56. The van der Waals surface area contributed by atoms with Gasteiger partial charge in [0.05, 0.1) is 5.52 Å². The van der Waals surface area contributed by atoms with Crippen molar-refractivity contribution in [3.8, 4) is 0 Å². The van der Waals surface area contributed by atoms with Crippen LogP contribution in [0.3, 0.4) is 0 Å². The fourth-order valence-corrected chi connectivity index (χ4v) is 3.12. The molecule has 0 saturated carbocycles. The Morgan fingerprint density at radius 1 is 1.26 bits per heavy atom. The molecule has 1 aliphatic rings. The Kier molecular flexibility index (Phi) is 3.52. The van der Waals surface area contributed by atoms with E-state index in [1.165, 1.54) is 52.5 Å². The molecule has 100 valence electrons. The lowest BCUT2D eigenvalue weighted by molar-refractivity contribution is 0.674. The maximum absolute atomic E-state index is 4.92. The van der Waals surface area contributed by atoms with Gasteiger partial charge in [-0.1, -0.05) is 25.1 Å². The van der Waals surface area contributed by atoms with Crippen LogP contribution in [0.1, 0.15) is 42.1 Å². The van der Waals surface area contributed by atoms with E-state index in [4.69, 9.17) is 4.98 Å². The number of benzene rings is 1. The van der Waals surface area contributed by atoms with Gasteiger partial charge in [-0.2, -0.15) is 0 Å². The lowest BCUT2D eigenvalue weighted by Gasteiger charge is -2.14. The van der Waals surface area contributed by atoms with Gasteiger partial charge in [-0.05, 0) is 55.8 Å². The number of hydrogen-bond donors (Lipinski definition) is 1. The molecule has 0 fully saturated rings. The highest BCUT2D eigenvalue weighted by Crippen LogP contribution is 2.31. The molecule has 1 aromatic carbocycles. The Balaban J connectivity index is 2.13. The topological polar surface area (TPSA) is 24.9 Å². The Morgan fingerprint density at radius 2 is 2.16 bits per heavy atom. The van der Waals surface area contributed by atoms with Crippen molar-refractivity contribution in [2.75, 3.05) is 6.54 Å². The fourth-order valence-electron chi connectivity index (χ4n) is 3.12. The molecule has 1 aromatic heterocycles. The van der Waals surface area contributed by atoms with E-state index in [0.29, 0.717) is 0 Å². The van der Waals surface area contributed by atoms with Crippen molar-refractivity contribution in [2.45, 2.75) is 46.1 Å². The smallest absolute Gasteiger partial charge is 0.0737 e. The zero-order chi connectivity index (χ0) is 13.2. The zero-order valence-corrected chi connectivity index (χ0v) is 11.9. The minimum Gasteiger partial charge on any atom is -0.313 e. The Hall–Kier alpha value is -1.41. The summed E-state index contributed by atoms with van der Waals surface area (Å²) in [4.78, 5) is 4.92. The third-order valence-electron chi connectivity index (χ3n) is 4.09. The van der Waals surface area contributed by atoms with Crippen molar-refractivity contribution in [2.24, 2.45) is 0 Å². The molecule has 19 heavy (non-hydrogen) atoms. The van der Waals surface area contributed by atoms with E-state index in [0.717, 1.165) is 19.5 Å². The van der Waals surface area contributed by atoms with Gasteiger partial charge in [0.15, 0.2) is 0 Å². The van der Waals surface area contributed by atoms with E-state index in [9.17, 15) is 0 Å². The first-order chi connectivity index (χ1) is 9.31. The molecule has 0 atom stereocenters. The summed E-state index contributed by atoms with van der Waals surface area (Å²) >= 11 is 0. The number of aromatic nitrogens is 1. The zero-order valence-electron chi connectivity index (χ0n) is 11.9. The minimum atomic E-state index is 0.985. The van der Waals surface area contributed by atoms with Gasteiger partial charge in [-0.3, -0.25) is 4.98 Å². The first-order valence-corrected chi connectivity index (χ1v) is 7.42. The number of fused-ring (bicyclic) bond motifs is 2. The second-order valence-corrected chi connectivity index (χ2v) is 5.52. The number of para-hydroxylation sites is 1. The van der Waals surface area contributed by atoms with Crippen LogP contribution in [0.25, 0.3) is 10.9 Å². The number of rotatable bonds is 4. The lowest BCUT2D eigenvalue weighted by atomic mass is 9.99. The predicted molar refractivity (Wildman–Crippen MR) is 80.5 cm³/mol. The number of nitrogens with zero attached hydrogens (tertiary/aromatic N) is 1. The molecule has 2 heteroatoms. The molecule has 0 unspecified atom stereocenters. The minimum absolute atomic E-state index is 0.985. The molecule has 2 aromatic rings. The second-order valence-electron chi connectivity index (χ2n) is 5.52. The molecule has 3 rings (SSSR count). The average molecular weight is 254 g/mol. The largest absolute Gasteiger partial charge is 0.313 e. The molecule has 0 bridgehead atoms. The lowest BCUT2D eigenvalue weighted by Crippen LogP contribution is -2.16. The highest BCUT2D eigenvalue weighted by molar-refractivity contribution is 5.86. The van der Waals surface area contributed by atoms with Crippen molar-refractivity contribution < 1.29 is 0 Å². The summed E-state index contributed by atoms with van der Waals surface area (Å²) in [6.07, 6.45) is 4.80. The van der Waals surface area contributed by atoms with Crippen molar-refractivity contribution in [3.05, 3.63) is 40.6 Å². The van der Waals surface area contributed by atoms with Gasteiger partial charge < -0.3 is 5.32 Å². The molecular formula is C17H22N2. The summed E-state index contributed by atoms with van der Waals surface area (Å²) in [6.45, 7) is 6.45. The van der Waals surface area contributed by atoms with Crippen LogP contribution in [0, 0.1) is 6.92 Å². The van der Waals surface area contributed by atoms with Crippen LogP contribution in [0.5, 0.6) is 0 Å². The standard InChI is InChI=1S/C17H22N2/c1-3-10-18-11-15-13-7-5-9-16(13)19-17-12(2)6-4-8-14(15)17/h4,6,8,18H,3,5,7,9-11H2,1-2H3. The molecule has 0 spiro atoms. The van der Waals surface area contributed by atoms with Gasteiger partial charge in [0.25, 0.3) is 0 Å². The summed E-state index contributed by atoms with van der Waals surface area (Å²) in [5.74, 6) is 0. The van der Waals surface area contributed by atoms with E-state index in [1.807, 2.05) is 0 Å². The van der Waals surface area contributed by atoms with E-state index in [-0.39, 0.29) is 0 Å². The van der Waals surface area contributed by atoms with Crippen molar-refractivity contribution >= 4 is 10.9 Å². The fraction of sp³-hybridized carbons (Fsp3) is 0.471. The van der Waals surface area contributed by atoms with Crippen molar-refractivity contribution in [1.29, 1.82) is 0 Å². The molecule has 0 amide bonds. The van der Waals surface area contributed by atoms with E-state index >= 15 is 0 Å². The summed E-state index contributed by atoms with van der Waals surface area (Å²) in [7, 11) is 0. The first kappa shape index (κ1) is 12.6. The monoisotopic (exact) mass is 254 g/mol. The molecule has 0 radical (unpaired) electrons. The van der Waals surface area contributed by atoms with Crippen molar-refractivity contribution in [3.63, 3.8) is 0 Å². The van der Waals surface area contributed by atoms with Gasteiger partial charge in [-0.15, -0.1) is 0 Å². The number of pyridine rings is 1. The molecular weight excluding hydrogens is 232 g/mol. The molecule has 2 nitrogen and oxygen atoms in total. The second kappa shape index (κ2) is 5.30. The van der Waals surface area contributed by atoms with Gasteiger partial charge in [-0.25, -0.2) is 0 Å². The highest BCUT2D eigenvalue weighted by atomic mass is 14.8. The number of nitrogens with one attached hydrogen (secondary N) is 1. The van der Waals surface area contributed by atoms with Crippen LogP contribution >= 0.6 is 0 Å². The number of aryl methyl sites for hydroxylation is 2. The SMILES string of the molecule is CCCNCc1c2c(nc3c(C)cccc13)CCC2. The first-order valence-electron chi connectivity index (χ1n) is 7.42. The summed E-state index contributed by atoms with van der Waals surface area (Å²) in [5.41, 5.74) is 6.85. The highest BCUT2D eigenvalue weighted by Gasteiger charge is 2.19. The van der Waals surface area contributed by atoms with Gasteiger partial charge >= 0.3 is 0 Å². The molecule has 1 heterocycles. The Morgan fingerprint density at radius 3 is 3.00 bits per heavy atom. The normalized spacial score (nSPS) is 14.0. The molecule has 1 aliphatic carbocycles. The molecule has 1 N–H and O–H groups in total. The van der Waals surface area contributed by atoms with Crippen LogP contribution in [-0.4, -0.2) is 11.5 Å². The molecule has 0 saturated heterocycles. The van der Waals surface area contributed by atoms with Crippen LogP contribution in [-0.2, 0) is 19.4 Å². The van der Waals surface area contributed by atoms with Crippen LogP contribution in [0.2, 0.25) is 0 Å². The Labute approximate surface area is 115 Å². The maximum Gasteiger partial charge on any atom is 0.0737 e. The summed E-state index contributed by atoms with van der Waals surface area (Å²) in [5, 5.41) is 4.92. The van der Waals surface area contributed by atoms with Gasteiger partial charge in [0.2, 0.25) is 0 Å². The quantitative estimate of drug-likeness (QED) is 0.844. The van der Waals surface area contributed by atoms with E-state index < -0.39 is 0 Å². The van der Waals surface area contributed by atoms with Crippen LogP contribution < -0.4 is 5.32 Å². The maximum atomic E-state index is 4.92. The van der Waals surface area contributed by atoms with E-state index in [2.05, 4.69) is 37.4 Å². The number of hydrogen-bond acceptors (Lipinski definition) is 2. The van der Waals surface area contributed by atoms with Crippen LogP contribution in [0.4, 0.5) is 0 Å². The third-order valence-corrected chi connectivity index (χ3v) is 4.09. The Bertz CT molecular complexity index is 602. The summed E-state index contributed by atoms with van der Waals surface area (Å²) < 4.78 is 0. The van der Waals surface area contributed by atoms with Gasteiger partial charge in [0, 0.05) is 17.6 Å². The van der Waals surface area contributed by atoms with E-state index in [1.54, 1.807) is 0 Å².